The van der Waals surface area contributed by atoms with E-state index in [2.05, 4.69) is 0 Å². The first kappa shape index (κ1) is 16.7. The van der Waals surface area contributed by atoms with Gasteiger partial charge >= 0.3 is 5.63 Å². The van der Waals surface area contributed by atoms with Crippen molar-refractivity contribution in [3.8, 4) is 5.75 Å². The SMILES string of the molecule is COc1ccc(N2C(=O)CSC2c2cc(=O)oc3ccc(C)cc23)cc1. The summed E-state index contributed by atoms with van der Waals surface area (Å²) in [6.07, 6.45) is 0. The Labute approximate surface area is 154 Å². The van der Waals surface area contributed by atoms with Crippen LogP contribution in [0.15, 0.2) is 57.7 Å². The van der Waals surface area contributed by atoms with Gasteiger partial charge in [-0.3, -0.25) is 9.69 Å². The minimum absolute atomic E-state index is 0.0132. The molecule has 5 nitrogen and oxygen atoms in total. The molecule has 26 heavy (non-hydrogen) atoms. The molecule has 1 unspecified atom stereocenters. The van der Waals surface area contributed by atoms with E-state index in [1.54, 1.807) is 18.1 Å². The number of thioether (sulfide) groups is 1. The van der Waals surface area contributed by atoms with Crippen molar-refractivity contribution in [1.82, 2.24) is 0 Å². The quantitative estimate of drug-likeness (QED) is 0.657. The van der Waals surface area contributed by atoms with Crippen LogP contribution in [-0.2, 0) is 4.79 Å². The van der Waals surface area contributed by atoms with E-state index in [4.69, 9.17) is 9.15 Å². The third-order valence-electron chi connectivity index (χ3n) is 4.41. The molecule has 2 heterocycles. The summed E-state index contributed by atoms with van der Waals surface area (Å²) in [5, 5.41) is 0.583. The molecule has 1 saturated heterocycles. The molecule has 0 aliphatic carbocycles. The molecule has 2 aromatic carbocycles. The van der Waals surface area contributed by atoms with Crippen LogP contribution < -0.4 is 15.3 Å². The van der Waals surface area contributed by atoms with Gasteiger partial charge in [0.2, 0.25) is 5.91 Å². The number of aryl methyl sites for hydroxylation is 1. The summed E-state index contributed by atoms with van der Waals surface area (Å²) >= 11 is 1.51. The Hall–Kier alpha value is -2.73. The highest BCUT2D eigenvalue weighted by molar-refractivity contribution is 8.00. The molecule has 132 valence electrons. The van der Waals surface area contributed by atoms with Crippen molar-refractivity contribution in [2.24, 2.45) is 0 Å². The van der Waals surface area contributed by atoms with Gasteiger partial charge in [-0.2, -0.15) is 0 Å². The topological polar surface area (TPSA) is 59.8 Å². The Morgan fingerprint density at radius 1 is 1.12 bits per heavy atom. The number of nitrogens with zero attached hydrogens (tertiary/aromatic N) is 1. The van der Waals surface area contributed by atoms with Crippen molar-refractivity contribution in [3.05, 3.63) is 70.1 Å². The van der Waals surface area contributed by atoms with Crippen LogP contribution in [0.1, 0.15) is 16.5 Å². The largest absolute Gasteiger partial charge is 0.497 e. The molecule has 4 rings (SSSR count). The maximum absolute atomic E-state index is 12.6. The monoisotopic (exact) mass is 367 g/mol. The molecule has 1 aromatic heterocycles. The lowest BCUT2D eigenvalue weighted by molar-refractivity contribution is -0.115. The second kappa shape index (κ2) is 6.53. The van der Waals surface area contributed by atoms with Crippen LogP contribution in [0.3, 0.4) is 0 Å². The Bertz CT molecular complexity index is 1040. The van der Waals surface area contributed by atoms with Gasteiger partial charge in [0.05, 0.1) is 12.9 Å². The number of carbonyl (C=O) groups is 1. The maximum atomic E-state index is 12.6. The molecule has 1 amide bonds. The van der Waals surface area contributed by atoms with Gasteiger partial charge in [-0.25, -0.2) is 4.79 Å². The number of ether oxygens (including phenoxy) is 1. The van der Waals surface area contributed by atoms with Crippen LogP contribution in [0, 0.1) is 6.92 Å². The molecular formula is C20H17NO4S. The number of hydrogen-bond acceptors (Lipinski definition) is 5. The second-order valence-electron chi connectivity index (χ2n) is 6.15. The third kappa shape index (κ3) is 2.86. The Morgan fingerprint density at radius 3 is 2.62 bits per heavy atom. The molecule has 3 aromatic rings. The molecule has 0 spiro atoms. The molecule has 0 saturated carbocycles. The first-order chi connectivity index (χ1) is 12.6. The van der Waals surface area contributed by atoms with Crippen LogP contribution in [0.4, 0.5) is 5.69 Å². The van der Waals surface area contributed by atoms with E-state index in [9.17, 15) is 9.59 Å². The van der Waals surface area contributed by atoms with Crippen molar-refractivity contribution in [2.45, 2.75) is 12.3 Å². The van der Waals surface area contributed by atoms with E-state index in [1.807, 2.05) is 43.3 Å². The van der Waals surface area contributed by atoms with Crippen LogP contribution in [0.25, 0.3) is 11.0 Å². The van der Waals surface area contributed by atoms with E-state index in [1.165, 1.54) is 17.8 Å². The highest BCUT2D eigenvalue weighted by Crippen LogP contribution is 2.43. The minimum atomic E-state index is -0.411. The second-order valence-corrected chi connectivity index (χ2v) is 7.21. The number of benzene rings is 2. The average molecular weight is 367 g/mol. The van der Waals surface area contributed by atoms with Gasteiger partial charge in [0.15, 0.2) is 0 Å². The van der Waals surface area contributed by atoms with Crippen LogP contribution in [-0.4, -0.2) is 18.8 Å². The fourth-order valence-corrected chi connectivity index (χ4v) is 4.38. The predicted octanol–water partition coefficient (Wildman–Crippen LogP) is 3.89. The van der Waals surface area contributed by atoms with Crippen molar-refractivity contribution in [2.75, 3.05) is 17.8 Å². The zero-order valence-corrected chi connectivity index (χ0v) is 15.2. The summed E-state index contributed by atoms with van der Waals surface area (Å²) < 4.78 is 10.5. The molecule has 1 aliphatic heterocycles. The molecular weight excluding hydrogens is 350 g/mol. The highest BCUT2D eigenvalue weighted by atomic mass is 32.2. The van der Waals surface area contributed by atoms with Gasteiger partial charge in [0.1, 0.15) is 16.7 Å². The summed E-state index contributed by atoms with van der Waals surface area (Å²) in [7, 11) is 1.60. The molecule has 0 radical (unpaired) electrons. The van der Waals surface area contributed by atoms with Gasteiger partial charge in [-0.05, 0) is 43.3 Å². The number of amides is 1. The number of fused-ring (bicyclic) bond motifs is 1. The Morgan fingerprint density at radius 2 is 1.88 bits per heavy atom. The van der Waals surface area contributed by atoms with Gasteiger partial charge < -0.3 is 9.15 Å². The van der Waals surface area contributed by atoms with Crippen LogP contribution >= 0.6 is 11.8 Å². The van der Waals surface area contributed by atoms with Gasteiger partial charge in [0, 0.05) is 22.7 Å². The van der Waals surface area contributed by atoms with Crippen molar-refractivity contribution >= 4 is 34.3 Å². The van der Waals surface area contributed by atoms with E-state index in [0.717, 1.165) is 28.0 Å². The lowest BCUT2D eigenvalue weighted by Gasteiger charge is -2.25. The van der Waals surface area contributed by atoms with Gasteiger partial charge in [-0.15, -0.1) is 11.8 Å². The molecule has 1 aliphatic rings. The van der Waals surface area contributed by atoms with E-state index < -0.39 is 5.63 Å². The number of rotatable bonds is 3. The molecule has 0 bridgehead atoms. The number of anilines is 1. The van der Waals surface area contributed by atoms with Crippen molar-refractivity contribution < 1.29 is 13.9 Å². The molecule has 1 atom stereocenters. The number of carbonyl (C=O) groups excluding carboxylic acids is 1. The van der Waals surface area contributed by atoms with E-state index >= 15 is 0 Å². The molecule has 0 N–H and O–H groups in total. The molecule has 1 fully saturated rings. The lowest BCUT2D eigenvalue weighted by Crippen LogP contribution is -2.28. The van der Waals surface area contributed by atoms with Crippen LogP contribution in [0.5, 0.6) is 5.75 Å². The first-order valence-corrected chi connectivity index (χ1v) is 9.24. The fraction of sp³-hybridized carbons (Fsp3) is 0.200. The van der Waals surface area contributed by atoms with Gasteiger partial charge in [-0.1, -0.05) is 11.6 Å². The summed E-state index contributed by atoms with van der Waals surface area (Å²) in [5.41, 5.74) is 2.77. The highest BCUT2D eigenvalue weighted by Gasteiger charge is 2.35. The first-order valence-electron chi connectivity index (χ1n) is 8.19. The van der Waals surface area contributed by atoms with Crippen molar-refractivity contribution in [1.29, 1.82) is 0 Å². The number of methoxy groups -OCH3 is 1. The maximum Gasteiger partial charge on any atom is 0.336 e. The Balaban J connectivity index is 1.85. The third-order valence-corrected chi connectivity index (χ3v) is 5.61. The summed E-state index contributed by atoms with van der Waals surface area (Å²) in [6.45, 7) is 1.99. The van der Waals surface area contributed by atoms with E-state index in [-0.39, 0.29) is 11.3 Å². The van der Waals surface area contributed by atoms with E-state index in [0.29, 0.717) is 11.3 Å². The normalized spacial score (nSPS) is 17.1. The minimum Gasteiger partial charge on any atom is -0.497 e. The standard InChI is InChI=1S/C20H17NO4S/c1-12-3-8-17-15(9-12)16(10-19(23)25-17)20-21(18(22)11-26-20)13-4-6-14(24-2)7-5-13/h3-10,20H,11H2,1-2H3. The summed E-state index contributed by atoms with van der Waals surface area (Å²) in [6, 6.07) is 14.5. The average Bonchev–Trinajstić information content (AvgIpc) is 3.03. The lowest BCUT2D eigenvalue weighted by atomic mass is 10.1. The fourth-order valence-electron chi connectivity index (χ4n) is 3.18. The van der Waals surface area contributed by atoms with Crippen LogP contribution in [0.2, 0.25) is 0 Å². The van der Waals surface area contributed by atoms with Crippen molar-refractivity contribution in [3.63, 3.8) is 0 Å². The number of hydrogen-bond donors (Lipinski definition) is 0. The molecule has 6 heteroatoms. The summed E-state index contributed by atoms with van der Waals surface area (Å²) in [5.74, 6) is 1.11. The predicted molar refractivity (Wildman–Crippen MR) is 103 cm³/mol. The van der Waals surface area contributed by atoms with Gasteiger partial charge in [0.25, 0.3) is 0 Å². The smallest absolute Gasteiger partial charge is 0.336 e. The zero-order chi connectivity index (χ0) is 18.3. The zero-order valence-electron chi connectivity index (χ0n) is 14.4. The summed E-state index contributed by atoms with van der Waals surface area (Å²) in [4.78, 5) is 26.4. The Kier molecular flexibility index (Phi) is 4.20.